The number of halogens is 1. The minimum Gasteiger partial charge on any atom is -0.478 e. The van der Waals surface area contributed by atoms with Gasteiger partial charge in [0, 0.05) is 10.9 Å². The van der Waals surface area contributed by atoms with Crippen LogP contribution in [0.2, 0.25) is 5.02 Å². The van der Waals surface area contributed by atoms with Crippen molar-refractivity contribution in [2.75, 3.05) is 0 Å². The van der Waals surface area contributed by atoms with Crippen LogP contribution < -0.4 is 0 Å². The maximum absolute atomic E-state index is 11.0. The molecule has 1 heterocycles. The van der Waals surface area contributed by atoms with Gasteiger partial charge in [-0.25, -0.2) is 4.79 Å². The lowest BCUT2D eigenvalue weighted by molar-refractivity contribution is 0.0696. The summed E-state index contributed by atoms with van der Waals surface area (Å²) in [7, 11) is 0. The van der Waals surface area contributed by atoms with Gasteiger partial charge in [0.05, 0.1) is 16.3 Å². The van der Waals surface area contributed by atoms with Crippen LogP contribution in [0, 0.1) is 0 Å². The molecule has 2 N–H and O–H groups in total. The summed E-state index contributed by atoms with van der Waals surface area (Å²) >= 11 is 5.88. The third-order valence-electron chi connectivity index (χ3n) is 2.13. The summed E-state index contributed by atoms with van der Waals surface area (Å²) in [5, 5.41) is 9.65. The number of carbonyl (C=O) groups is 2. The maximum Gasteiger partial charge on any atom is 0.338 e. The molecular weight excluding hydrogens is 218 g/mol. The van der Waals surface area contributed by atoms with Crippen LogP contribution in [-0.2, 0) is 0 Å². The zero-order chi connectivity index (χ0) is 11.0. The van der Waals surface area contributed by atoms with Gasteiger partial charge in [-0.2, -0.15) is 0 Å². The fraction of sp³-hybridized carbons (Fsp3) is 0. The van der Waals surface area contributed by atoms with Gasteiger partial charge in [0.15, 0.2) is 6.29 Å². The smallest absolute Gasteiger partial charge is 0.338 e. The highest BCUT2D eigenvalue weighted by Crippen LogP contribution is 2.28. The van der Waals surface area contributed by atoms with Crippen LogP contribution in [0.1, 0.15) is 20.8 Å². The molecule has 5 heteroatoms. The summed E-state index contributed by atoms with van der Waals surface area (Å²) in [6.45, 7) is 0. The molecule has 0 amide bonds. The van der Waals surface area contributed by atoms with Gasteiger partial charge in [0.25, 0.3) is 0 Å². The van der Waals surface area contributed by atoms with E-state index in [9.17, 15) is 9.59 Å². The van der Waals surface area contributed by atoms with Gasteiger partial charge < -0.3 is 10.1 Å². The SMILES string of the molecule is O=Cc1[nH]c2cccc(Cl)c2c1C(=O)O. The summed E-state index contributed by atoms with van der Waals surface area (Å²) < 4.78 is 0. The van der Waals surface area contributed by atoms with E-state index in [0.717, 1.165) is 0 Å². The first-order valence-electron chi connectivity index (χ1n) is 4.14. The number of hydrogen-bond donors (Lipinski definition) is 2. The Morgan fingerprint density at radius 3 is 2.80 bits per heavy atom. The first-order chi connectivity index (χ1) is 7.15. The number of H-pyrrole nitrogens is 1. The van der Waals surface area contributed by atoms with Gasteiger partial charge in [-0.3, -0.25) is 4.79 Å². The van der Waals surface area contributed by atoms with E-state index in [0.29, 0.717) is 22.2 Å². The lowest BCUT2D eigenvalue weighted by atomic mass is 10.1. The van der Waals surface area contributed by atoms with Crippen molar-refractivity contribution < 1.29 is 14.7 Å². The van der Waals surface area contributed by atoms with Crippen molar-refractivity contribution in [3.8, 4) is 0 Å². The van der Waals surface area contributed by atoms with Gasteiger partial charge >= 0.3 is 5.97 Å². The Hall–Kier alpha value is -1.81. The molecule has 0 atom stereocenters. The summed E-state index contributed by atoms with van der Waals surface area (Å²) in [6.07, 6.45) is 0.472. The monoisotopic (exact) mass is 223 g/mol. The highest BCUT2D eigenvalue weighted by Gasteiger charge is 2.18. The molecule has 2 aromatic rings. The molecule has 15 heavy (non-hydrogen) atoms. The van der Waals surface area contributed by atoms with Crippen LogP contribution in [0.5, 0.6) is 0 Å². The lowest BCUT2D eigenvalue weighted by Gasteiger charge is -1.95. The second-order valence-corrected chi connectivity index (χ2v) is 3.41. The van der Waals surface area contributed by atoms with E-state index in [1.165, 1.54) is 0 Å². The molecule has 0 bridgehead atoms. The van der Waals surface area contributed by atoms with Crippen molar-refractivity contribution in [2.45, 2.75) is 0 Å². The third kappa shape index (κ3) is 1.39. The zero-order valence-corrected chi connectivity index (χ0v) is 8.21. The molecule has 1 aromatic heterocycles. The number of nitrogens with one attached hydrogen (secondary N) is 1. The predicted molar refractivity (Wildman–Crippen MR) is 55.7 cm³/mol. The molecule has 0 spiro atoms. The second kappa shape index (κ2) is 3.40. The number of fused-ring (bicyclic) bond motifs is 1. The van der Waals surface area contributed by atoms with Crippen LogP contribution in [-0.4, -0.2) is 22.3 Å². The van der Waals surface area contributed by atoms with E-state index in [2.05, 4.69) is 4.98 Å². The number of carboxylic acid groups (broad SMARTS) is 1. The highest BCUT2D eigenvalue weighted by molar-refractivity contribution is 6.37. The Labute approximate surface area is 89.5 Å². The molecule has 0 radical (unpaired) electrons. The number of rotatable bonds is 2. The fourth-order valence-electron chi connectivity index (χ4n) is 1.54. The summed E-state index contributed by atoms with van der Waals surface area (Å²) in [4.78, 5) is 24.3. The average molecular weight is 224 g/mol. The van der Waals surface area contributed by atoms with E-state index in [1.54, 1.807) is 18.2 Å². The van der Waals surface area contributed by atoms with Gasteiger partial charge in [0.2, 0.25) is 0 Å². The van der Waals surface area contributed by atoms with Crippen LogP contribution in [0.25, 0.3) is 10.9 Å². The topological polar surface area (TPSA) is 70.2 Å². The minimum absolute atomic E-state index is 0.0330. The largest absolute Gasteiger partial charge is 0.478 e. The number of carboxylic acids is 1. The lowest BCUT2D eigenvalue weighted by Crippen LogP contribution is -1.99. The van der Waals surface area contributed by atoms with Crippen molar-refractivity contribution in [2.24, 2.45) is 0 Å². The normalized spacial score (nSPS) is 10.5. The van der Waals surface area contributed by atoms with Crippen LogP contribution in [0.15, 0.2) is 18.2 Å². The first-order valence-corrected chi connectivity index (χ1v) is 4.51. The Bertz CT molecular complexity index is 559. The molecule has 0 aliphatic carbocycles. The molecule has 0 unspecified atom stereocenters. The Morgan fingerprint density at radius 2 is 2.20 bits per heavy atom. The van der Waals surface area contributed by atoms with Gasteiger partial charge in [-0.15, -0.1) is 0 Å². The molecule has 1 aromatic carbocycles. The van der Waals surface area contributed by atoms with E-state index in [-0.39, 0.29) is 11.3 Å². The number of aromatic carboxylic acids is 1. The number of aromatic nitrogens is 1. The van der Waals surface area contributed by atoms with Crippen molar-refractivity contribution >= 4 is 34.8 Å². The molecule has 0 fully saturated rings. The van der Waals surface area contributed by atoms with E-state index in [4.69, 9.17) is 16.7 Å². The van der Waals surface area contributed by atoms with Crippen molar-refractivity contribution in [3.05, 3.63) is 34.5 Å². The Morgan fingerprint density at radius 1 is 1.47 bits per heavy atom. The van der Waals surface area contributed by atoms with Crippen molar-refractivity contribution in [1.29, 1.82) is 0 Å². The van der Waals surface area contributed by atoms with Crippen molar-refractivity contribution in [1.82, 2.24) is 4.98 Å². The molecule has 0 saturated carbocycles. The van der Waals surface area contributed by atoms with E-state index < -0.39 is 5.97 Å². The van der Waals surface area contributed by atoms with Crippen LogP contribution >= 0.6 is 11.6 Å². The van der Waals surface area contributed by atoms with Crippen LogP contribution in [0.4, 0.5) is 0 Å². The standard InChI is InChI=1S/C10H6ClNO3/c11-5-2-1-3-6-8(5)9(10(14)15)7(4-13)12-6/h1-4,12H,(H,14,15). The Balaban J connectivity index is 2.94. The average Bonchev–Trinajstić information content (AvgIpc) is 2.57. The number of aldehydes is 1. The minimum atomic E-state index is -1.17. The molecule has 76 valence electrons. The quantitative estimate of drug-likeness (QED) is 0.768. The summed E-state index contributed by atoms with van der Waals surface area (Å²) in [5.74, 6) is -1.17. The molecular formula is C10H6ClNO3. The first kappa shape index (κ1) is 9.73. The Kier molecular flexibility index (Phi) is 2.21. The fourth-order valence-corrected chi connectivity index (χ4v) is 1.80. The number of hydrogen-bond acceptors (Lipinski definition) is 2. The molecule has 0 saturated heterocycles. The summed E-state index contributed by atoms with van der Waals surface area (Å²) in [6, 6.07) is 4.93. The van der Waals surface area contributed by atoms with Crippen molar-refractivity contribution in [3.63, 3.8) is 0 Å². The highest BCUT2D eigenvalue weighted by atomic mass is 35.5. The van der Waals surface area contributed by atoms with Gasteiger partial charge in [-0.05, 0) is 12.1 Å². The van der Waals surface area contributed by atoms with E-state index in [1.807, 2.05) is 0 Å². The zero-order valence-electron chi connectivity index (χ0n) is 7.45. The van der Waals surface area contributed by atoms with Gasteiger partial charge in [-0.1, -0.05) is 17.7 Å². The van der Waals surface area contributed by atoms with E-state index >= 15 is 0 Å². The predicted octanol–water partition coefficient (Wildman–Crippen LogP) is 2.33. The molecule has 4 nitrogen and oxygen atoms in total. The number of benzene rings is 1. The number of carbonyl (C=O) groups excluding carboxylic acids is 1. The van der Waals surface area contributed by atoms with Crippen LogP contribution in [0.3, 0.4) is 0 Å². The third-order valence-corrected chi connectivity index (χ3v) is 2.45. The number of aromatic amines is 1. The molecule has 0 aliphatic rings. The molecule has 0 aliphatic heterocycles. The van der Waals surface area contributed by atoms with Gasteiger partial charge in [0.1, 0.15) is 0 Å². The maximum atomic E-state index is 11.0. The second-order valence-electron chi connectivity index (χ2n) is 3.00. The summed E-state index contributed by atoms with van der Waals surface area (Å²) in [5.41, 5.74) is 0.498. The molecule has 2 rings (SSSR count).